The minimum atomic E-state index is -0.116. The Labute approximate surface area is 56.9 Å². The Morgan fingerprint density at radius 1 is 1.78 bits per heavy atom. The molecule has 0 aliphatic heterocycles. The van der Waals surface area contributed by atoms with Gasteiger partial charge in [0.25, 0.3) is 0 Å². The Balaban J connectivity index is 3.73. The molecular weight excluding hydrogens is 114 g/mol. The molecule has 0 aliphatic carbocycles. The van der Waals surface area contributed by atoms with Crippen molar-refractivity contribution in [2.75, 3.05) is 13.6 Å². The van der Waals surface area contributed by atoms with Crippen molar-refractivity contribution in [3.8, 4) is 0 Å². The minimum absolute atomic E-state index is 0.109. The fourth-order valence-electron chi connectivity index (χ4n) is 0.532. The summed E-state index contributed by atoms with van der Waals surface area (Å²) in [5, 5.41) is 0. The van der Waals surface area contributed by atoms with Gasteiger partial charge in [-0.2, -0.15) is 0 Å². The first-order valence-corrected chi connectivity index (χ1v) is 3.17. The highest BCUT2D eigenvalue weighted by molar-refractivity contribution is 5.78. The highest BCUT2D eigenvalue weighted by Gasteiger charge is 2.09. The third-order valence-electron chi connectivity index (χ3n) is 1.27. The Morgan fingerprint density at radius 2 is 2.22 bits per heavy atom. The van der Waals surface area contributed by atoms with Gasteiger partial charge in [0.2, 0.25) is 5.91 Å². The molecule has 9 heavy (non-hydrogen) atoms. The zero-order valence-electron chi connectivity index (χ0n) is 6.35. The van der Waals surface area contributed by atoms with Crippen molar-refractivity contribution in [1.82, 2.24) is 4.90 Å². The average Bonchev–Trinajstić information content (AvgIpc) is 1.84. The molecule has 2 nitrogen and oxygen atoms in total. The topological polar surface area (TPSA) is 20.3 Å². The van der Waals surface area contributed by atoms with Crippen LogP contribution >= 0.6 is 0 Å². The average molecular weight is 128 g/mol. The second-order valence-electron chi connectivity index (χ2n) is 2.25. The fraction of sp³-hybridized carbons (Fsp3) is 0.714. The second kappa shape index (κ2) is 3.49. The lowest BCUT2D eigenvalue weighted by Gasteiger charge is -2.16. The summed E-state index contributed by atoms with van der Waals surface area (Å²) in [7, 11) is 1.78. The quantitative estimate of drug-likeness (QED) is 0.542. The molecule has 2 heteroatoms. The van der Waals surface area contributed by atoms with E-state index >= 15 is 0 Å². The fourth-order valence-corrected chi connectivity index (χ4v) is 0.532. The molecule has 53 valence electrons. The van der Waals surface area contributed by atoms with Gasteiger partial charge in [-0.15, -0.1) is 0 Å². The molecule has 0 heterocycles. The molecule has 0 aliphatic rings. The monoisotopic (exact) mass is 128 g/mol. The van der Waals surface area contributed by atoms with E-state index in [0.717, 1.165) is 6.54 Å². The van der Waals surface area contributed by atoms with Gasteiger partial charge < -0.3 is 4.90 Å². The lowest BCUT2D eigenvalue weighted by molar-refractivity contribution is -0.132. The van der Waals surface area contributed by atoms with E-state index in [1.54, 1.807) is 18.9 Å². The van der Waals surface area contributed by atoms with Crippen LogP contribution < -0.4 is 0 Å². The molecule has 0 spiro atoms. The Morgan fingerprint density at radius 3 is 2.33 bits per heavy atom. The number of hydrogen-bond donors (Lipinski definition) is 0. The van der Waals surface area contributed by atoms with Gasteiger partial charge in [-0.1, -0.05) is 6.92 Å². The number of carbonyl (C=O) groups excluding carboxylic acids is 1. The minimum Gasteiger partial charge on any atom is -0.346 e. The number of carbonyl (C=O) groups is 1. The van der Waals surface area contributed by atoms with Gasteiger partial charge in [0.15, 0.2) is 0 Å². The van der Waals surface area contributed by atoms with Crippen molar-refractivity contribution in [2.45, 2.75) is 13.8 Å². The summed E-state index contributed by atoms with van der Waals surface area (Å²) >= 11 is 0. The van der Waals surface area contributed by atoms with Crippen LogP contribution in [-0.4, -0.2) is 24.4 Å². The molecule has 0 bridgehead atoms. The molecule has 1 amide bonds. The van der Waals surface area contributed by atoms with Crippen molar-refractivity contribution >= 4 is 5.91 Å². The largest absolute Gasteiger partial charge is 0.346 e. The maximum absolute atomic E-state index is 10.9. The SMILES string of the molecule is [CH2]C(C)C(=O)N(C)CC. The Hall–Kier alpha value is -0.530. The third kappa shape index (κ3) is 2.49. The van der Waals surface area contributed by atoms with E-state index in [1.807, 2.05) is 6.92 Å². The van der Waals surface area contributed by atoms with E-state index in [9.17, 15) is 4.79 Å². The van der Waals surface area contributed by atoms with Crippen LogP contribution in [0.1, 0.15) is 13.8 Å². The first-order chi connectivity index (χ1) is 4.09. The summed E-state index contributed by atoms with van der Waals surface area (Å²) in [5.41, 5.74) is 0. The van der Waals surface area contributed by atoms with E-state index in [2.05, 4.69) is 6.92 Å². The maximum atomic E-state index is 10.9. The van der Waals surface area contributed by atoms with Crippen LogP contribution in [0.2, 0.25) is 0 Å². The molecule has 1 unspecified atom stereocenters. The zero-order valence-corrected chi connectivity index (χ0v) is 6.35. The third-order valence-corrected chi connectivity index (χ3v) is 1.27. The Kier molecular flexibility index (Phi) is 3.28. The molecule has 0 aromatic carbocycles. The molecule has 1 atom stereocenters. The number of amides is 1. The maximum Gasteiger partial charge on any atom is 0.225 e. The van der Waals surface area contributed by atoms with Gasteiger partial charge in [-0.25, -0.2) is 0 Å². The van der Waals surface area contributed by atoms with Crippen molar-refractivity contribution in [2.24, 2.45) is 5.92 Å². The highest BCUT2D eigenvalue weighted by atomic mass is 16.2. The van der Waals surface area contributed by atoms with E-state index < -0.39 is 0 Å². The van der Waals surface area contributed by atoms with Crippen LogP contribution in [0.3, 0.4) is 0 Å². The van der Waals surface area contributed by atoms with E-state index in [1.165, 1.54) is 0 Å². The van der Waals surface area contributed by atoms with Crippen LogP contribution in [0, 0.1) is 12.8 Å². The summed E-state index contributed by atoms with van der Waals surface area (Å²) in [4.78, 5) is 12.6. The van der Waals surface area contributed by atoms with Gasteiger partial charge in [0.1, 0.15) is 0 Å². The van der Waals surface area contributed by atoms with Crippen LogP contribution in [0.4, 0.5) is 0 Å². The summed E-state index contributed by atoms with van der Waals surface area (Å²) in [6.07, 6.45) is 0. The second-order valence-corrected chi connectivity index (χ2v) is 2.25. The highest BCUT2D eigenvalue weighted by Crippen LogP contribution is 1.96. The number of rotatable bonds is 2. The van der Waals surface area contributed by atoms with Crippen LogP contribution in [0.5, 0.6) is 0 Å². The van der Waals surface area contributed by atoms with Gasteiger partial charge in [-0.05, 0) is 13.8 Å². The van der Waals surface area contributed by atoms with E-state index in [0.29, 0.717) is 0 Å². The normalized spacial score (nSPS) is 9.89. The molecule has 0 aromatic heterocycles. The molecule has 0 saturated carbocycles. The van der Waals surface area contributed by atoms with Crippen LogP contribution in [0.15, 0.2) is 0 Å². The van der Waals surface area contributed by atoms with Crippen molar-refractivity contribution < 1.29 is 4.79 Å². The number of hydrogen-bond acceptors (Lipinski definition) is 1. The van der Waals surface area contributed by atoms with Crippen LogP contribution in [0.25, 0.3) is 0 Å². The van der Waals surface area contributed by atoms with Gasteiger partial charge in [-0.3, -0.25) is 4.79 Å². The molecular formula is C7H14NO. The lowest BCUT2D eigenvalue weighted by Crippen LogP contribution is -2.30. The van der Waals surface area contributed by atoms with Crippen LogP contribution in [-0.2, 0) is 4.79 Å². The summed E-state index contributed by atoms with van der Waals surface area (Å²) in [6, 6.07) is 0. The van der Waals surface area contributed by atoms with Gasteiger partial charge >= 0.3 is 0 Å². The van der Waals surface area contributed by atoms with Crippen molar-refractivity contribution in [1.29, 1.82) is 0 Å². The smallest absolute Gasteiger partial charge is 0.225 e. The predicted molar refractivity (Wildman–Crippen MR) is 37.8 cm³/mol. The molecule has 0 rings (SSSR count). The van der Waals surface area contributed by atoms with Gasteiger partial charge in [0.05, 0.1) is 0 Å². The standard InChI is InChI=1S/C7H14NO/c1-5-8(4)7(9)6(2)3/h6H,2,5H2,1,3-4H3. The van der Waals surface area contributed by atoms with E-state index in [4.69, 9.17) is 0 Å². The molecule has 0 saturated heterocycles. The lowest BCUT2D eigenvalue weighted by atomic mass is 10.2. The first kappa shape index (κ1) is 8.47. The summed E-state index contributed by atoms with van der Waals surface area (Å²) in [6.45, 7) is 8.12. The first-order valence-electron chi connectivity index (χ1n) is 3.17. The Bertz CT molecular complexity index is 99.1. The zero-order chi connectivity index (χ0) is 7.44. The van der Waals surface area contributed by atoms with Gasteiger partial charge in [0, 0.05) is 19.5 Å². The summed E-state index contributed by atoms with van der Waals surface area (Å²) < 4.78 is 0. The molecule has 0 fully saturated rings. The van der Waals surface area contributed by atoms with Crippen molar-refractivity contribution in [3.63, 3.8) is 0 Å². The summed E-state index contributed by atoms with van der Waals surface area (Å²) in [5.74, 6) is -0.00699. The predicted octanol–water partition coefficient (Wildman–Crippen LogP) is 0.935. The molecule has 0 N–H and O–H groups in total. The van der Waals surface area contributed by atoms with E-state index in [-0.39, 0.29) is 11.8 Å². The molecule has 0 aromatic rings. The molecule has 1 radical (unpaired) electrons. The number of nitrogens with zero attached hydrogens (tertiary/aromatic N) is 1. The van der Waals surface area contributed by atoms with Crippen molar-refractivity contribution in [3.05, 3.63) is 6.92 Å².